The Balaban J connectivity index is 2.31. The van der Waals surface area contributed by atoms with E-state index in [2.05, 4.69) is 0 Å². The SMILES string of the molecule is CCc1ccc(-c2ccc(Cl)c(C(F)(F)F)c2F)cc1C1=C(O)C(C)(C)OC(C)(C)C1=O. The lowest BCUT2D eigenvalue weighted by molar-refractivity contribution is -0.158. The molecular weight excluding hydrogens is 448 g/mol. The quantitative estimate of drug-likeness (QED) is 0.484. The van der Waals surface area contributed by atoms with Crippen LogP contribution in [0.3, 0.4) is 0 Å². The number of aliphatic hydroxyl groups excluding tert-OH is 1. The van der Waals surface area contributed by atoms with Gasteiger partial charge in [0.15, 0.2) is 5.78 Å². The van der Waals surface area contributed by atoms with Gasteiger partial charge in [-0.1, -0.05) is 30.7 Å². The number of alkyl halides is 3. The van der Waals surface area contributed by atoms with Gasteiger partial charge in [0, 0.05) is 5.56 Å². The number of ether oxygens (including phenoxy) is 1. The van der Waals surface area contributed by atoms with Crippen molar-refractivity contribution in [3.8, 4) is 11.1 Å². The predicted octanol–water partition coefficient (Wildman–Crippen LogP) is 7.15. The third-order valence-corrected chi connectivity index (χ3v) is 5.85. The van der Waals surface area contributed by atoms with Crippen LogP contribution in [0.1, 0.15) is 51.3 Å². The summed E-state index contributed by atoms with van der Waals surface area (Å²) in [6, 6.07) is 6.65. The summed E-state index contributed by atoms with van der Waals surface area (Å²) >= 11 is 5.62. The number of halogens is 5. The van der Waals surface area contributed by atoms with Crippen LogP contribution < -0.4 is 0 Å². The van der Waals surface area contributed by atoms with Crippen LogP contribution in [0, 0.1) is 5.82 Å². The molecule has 0 fully saturated rings. The highest BCUT2D eigenvalue weighted by molar-refractivity contribution is 6.31. The first-order valence-corrected chi connectivity index (χ1v) is 10.4. The highest BCUT2D eigenvalue weighted by atomic mass is 35.5. The molecule has 0 bridgehead atoms. The fourth-order valence-electron chi connectivity index (χ4n) is 4.01. The van der Waals surface area contributed by atoms with Crippen LogP contribution in [0.5, 0.6) is 0 Å². The monoisotopic (exact) mass is 470 g/mol. The van der Waals surface area contributed by atoms with Gasteiger partial charge in [-0.15, -0.1) is 0 Å². The van der Waals surface area contributed by atoms with Gasteiger partial charge in [-0.3, -0.25) is 4.79 Å². The number of ketones is 1. The van der Waals surface area contributed by atoms with Crippen LogP contribution in [-0.2, 0) is 22.1 Å². The maximum atomic E-state index is 14.9. The van der Waals surface area contributed by atoms with Gasteiger partial charge >= 0.3 is 6.18 Å². The van der Waals surface area contributed by atoms with E-state index in [0.29, 0.717) is 17.5 Å². The Labute approximate surface area is 188 Å². The molecule has 1 N–H and O–H groups in total. The minimum atomic E-state index is -4.98. The first-order valence-electron chi connectivity index (χ1n) is 9.99. The zero-order valence-electron chi connectivity index (χ0n) is 18.2. The smallest absolute Gasteiger partial charge is 0.420 e. The molecule has 0 spiro atoms. The van der Waals surface area contributed by atoms with Gasteiger partial charge in [0.05, 0.1) is 10.6 Å². The van der Waals surface area contributed by atoms with Crippen LogP contribution in [0.4, 0.5) is 17.6 Å². The molecular formula is C24H23ClF4O3. The van der Waals surface area contributed by atoms with Crippen molar-refractivity contribution >= 4 is 23.0 Å². The lowest BCUT2D eigenvalue weighted by Gasteiger charge is -2.40. The summed E-state index contributed by atoms with van der Waals surface area (Å²) in [5.41, 5.74) is -3.18. The first-order chi connectivity index (χ1) is 14.6. The third kappa shape index (κ3) is 4.04. The van der Waals surface area contributed by atoms with E-state index >= 15 is 0 Å². The lowest BCUT2D eigenvalue weighted by Crippen LogP contribution is -2.49. The molecule has 1 aliphatic rings. The highest BCUT2D eigenvalue weighted by Gasteiger charge is 2.47. The Hall–Kier alpha value is -2.38. The molecule has 1 aliphatic heterocycles. The second-order valence-electron chi connectivity index (χ2n) is 8.68. The third-order valence-electron chi connectivity index (χ3n) is 5.54. The number of Topliss-reactive ketones (excluding diaryl/α,β-unsaturated/α-hetero) is 1. The Kier molecular flexibility index (Phi) is 5.98. The normalized spacial score (nSPS) is 18.2. The Morgan fingerprint density at radius 3 is 2.22 bits per heavy atom. The Morgan fingerprint density at radius 2 is 1.66 bits per heavy atom. The number of carbonyl (C=O) groups is 1. The average molecular weight is 471 g/mol. The molecule has 3 nitrogen and oxygen atoms in total. The van der Waals surface area contributed by atoms with Crippen molar-refractivity contribution in [3.05, 3.63) is 63.6 Å². The maximum absolute atomic E-state index is 14.9. The second-order valence-corrected chi connectivity index (χ2v) is 9.09. The average Bonchev–Trinajstić information content (AvgIpc) is 2.65. The number of rotatable bonds is 3. The van der Waals surface area contributed by atoms with E-state index in [1.54, 1.807) is 33.8 Å². The largest absolute Gasteiger partial charge is 0.508 e. The van der Waals surface area contributed by atoms with Gasteiger partial charge in [-0.2, -0.15) is 13.2 Å². The highest BCUT2D eigenvalue weighted by Crippen LogP contribution is 2.43. The number of aryl methyl sites for hydroxylation is 1. The van der Waals surface area contributed by atoms with E-state index < -0.39 is 39.6 Å². The van der Waals surface area contributed by atoms with E-state index in [1.165, 1.54) is 12.1 Å². The summed E-state index contributed by atoms with van der Waals surface area (Å²) in [6.07, 6.45) is -4.51. The molecule has 0 unspecified atom stereocenters. The molecule has 0 radical (unpaired) electrons. The van der Waals surface area contributed by atoms with Crippen molar-refractivity contribution < 1.29 is 32.2 Å². The fraction of sp³-hybridized carbons (Fsp3) is 0.375. The number of hydrogen-bond acceptors (Lipinski definition) is 3. The Bertz CT molecular complexity index is 1130. The van der Waals surface area contributed by atoms with E-state index in [4.69, 9.17) is 16.3 Å². The van der Waals surface area contributed by atoms with E-state index in [0.717, 1.165) is 12.1 Å². The molecule has 0 saturated carbocycles. The van der Waals surface area contributed by atoms with Crippen LogP contribution in [0.2, 0.25) is 5.02 Å². The number of benzene rings is 2. The number of aliphatic hydroxyl groups is 1. The molecule has 2 aromatic carbocycles. The molecule has 32 heavy (non-hydrogen) atoms. The lowest BCUT2D eigenvalue weighted by atomic mass is 9.80. The summed E-state index contributed by atoms with van der Waals surface area (Å²) in [6.45, 7) is 8.21. The van der Waals surface area contributed by atoms with E-state index in [-0.39, 0.29) is 22.5 Å². The van der Waals surface area contributed by atoms with Crippen LogP contribution in [-0.4, -0.2) is 22.1 Å². The topological polar surface area (TPSA) is 46.5 Å². The molecule has 0 amide bonds. The van der Waals surface area contributed by atoms with Crippen molar-refractivity contribution in [3.63, 3.8) is 0 Å². The Morgan fingerprint density at radius 1 is 1.03 bits per heavy atom. The second kappa shape index (κ2) is 7.89. The van der Waals surface area contributed by atoms with Crippen LogP contribution in [0.15, 0.2) is 36.1 Å². The van der Waals surface area contributed by atoms with Gasteiger partial charge in [-0.25, -0.2) is 4.39 Å². The molecule has 0 saturated heterocycles. The standard InChI is InChI=1S/C24H23ClF4O3/c1-6-12-7-8-13(14-9-10-16(25)18(19(14)26)24(27,28)29)11-15(12)17-20(30)22(2,3)32-23(4,5)21(17)31/h7-11,30H,6H2,1-5H3. The van der Waals surface area contributed by atoms with Gasteiger partial charge < -0.3 is 9.84 Å². The van der Waals surface area contributed by atoms with Gasteiger partial charge in [0.25, 0.3) is 0 Å². The van der Waals surface area contributed by atoms with Crippen molar-refractivity contribution in [2.45, 2.75) is 58.4 Å². The minimum absolute atomic E-state index is 0.00960. The van der Waals surface area contributed by atoms with E-state index in [9.17, 15) is 27.5 Å². The molecule has 0 aliphatic carbocycles. The zero-order chi connectivity index (χ0) is 24.2. The minimum Gasteiger partial charge on any atom is -0.508 e. The summed E-state index contributed by atoms with van der Waals surface area (Å²) in [5, 5.41) is 10.1. The molecule has 2 aromatic rings. The van der Waals surface area contributed by atoms with E-state index in [1.807, 2.05) is 6.92 Å². The van der Waals surface area contributed by atoms with Crippen LogP contribution >= 0.6 is 11.6 Å². The number of hydrogen-bond donors (Lipinski definition) is 1. The zero-order valence-corrected chi connectivity index (χ0v) is 19.0. The van der Waals surface area contributed by atoms with Gasteiger partial charge in [0.1, 0.15) is 28.3 Å². The molecule has 0 aromatic heterocycles. The first kappa shape index (κ1) is 24.3. The summed E-state index contributed by atoms with van der Waals surface area (Å²) in [5.74, 6) is -2.27. The summed E-state index contributed by atoms with van der Waals surface area (Å²) < 4.78 is 60.7. The van der Waals surface area contributed by atoms with Crippen molar-refractivity contribution in [2.24, 2.45) is 0 Å². The van der Waals surface area contributed by atoms with Crippen molar-refractivity contribution in [1.29, 1.82) is 0 Å². The molecule has 1 heterocycles. The molecule has 8 heteroatoms. The van der Waals surface area contributed by atoms with Gasteiger partial charge in [-0.05, 0) is 69.0 Å². The summed E-state index contributed by atoms with van der Waals surface area (Å²) in [4.78, 5) is 13.2. The maximum Gasteiger partial charge on any atom is 0.420 e. The predicted molar refractivity (Wildman–Crippen MR) is 115 cm³/mol. The molecule has 172 valence electrons. The van der Waals surface area contributed by atoms with Gasteiger partial charge in [0.2, 0.25) is 0 Å². The molecule has 3 rings (SSSR count). The van der Waals surface area contributed by atoms with Crippen molar-refractivity contribution in [1.82, 2.24) is 0 Å². The van der Waals surface area contributed by atoms with Crippen molar-refractivity contribution in [2.75, 3.05) is 0 Å². The molecule has 0 atom stereocenters. The fourth-order valence-corrected chi connectivity index (χ4v) is 4.27. The summed E-state index contributed by atoms with van der Waals surface area (Å²) in [7, 11) is 0. The van der Waals surface area contributed by atoms with Crippen LogP contribution in [0.25, 0.3) is 16.7 Å². The number of carbonyl (C=O) groups excluding carboxylic acids is 1.